The van der Waals surface area contributed by atoms with E-state index in [4.69, 9.17) is 0 Å². The Labute approximate surface area is 116 Å². The number of aryl methyl sites for hydroxylation is 1. The van der Waals surface area contributed by atoms with Crippen molar-refractivity contribution in [1.82, 2.24) is 15.1 Å². The molecule has 108 valence electrons. The van der Waals surface area contributed by atoms with Gasteiger partial charge in [-0.1, -0.05) is 13.8 Å². The number of rotatable bonds is 4. The number of nitrogens with one attached hydrogen (secondary N) is 1. The minimum absolute atomic E-state index is 0.395. The second kappa shape index (κ2) is 5.25. The number of hydrogen-bond donors (Lipinski definition) is 2. The van der Waals surface area contributed by atoms with Crippen LogP contribution in [0.2, 0.25) is 0 Å². The highest BCUT2D eigenvalue weighted by atomic mass is 16.3. The van der Waals surface area contributed by atoms with Gasteiger partial charge in [0.1, 0.15) is 0 Å². The molecule has 0 spiro atoms. The van der Waals surface area contributed by atoms with Crippen LogP contribution in [0.25, 0.3) is 0 Å². The first-order valence-electron chi connectivity index (χ1n) is 7.22. The van der Waals surface area contributed by atoms with Crippen LogP contribution in [0.3, 0.4) is 0 Å². The quantitative estimate of drug-likeness (QED) is 0.877. The molecule has 0 atom stereocenters. The summed E-state index contributed by atoms with van der Waals surface area (Å²) in [5, 5.41) is 18.2. The first-order valence-corrected chi connectivity index (χ1v) is 7.22. The van der Waals surface area contributed by atoms with E-state index in [9.17, 15) is 5.11 Å². The number of aliphatic hydroxyl groups is 1. The summed E-state index contributed by atoms with van der Waals surface area (Å²) >= 11 is 0. The predicted molar refractivity (Wildman–Crippen MR) is 76.9 cm³/mol. The Morgan fingerprint density at radius 3 is 2.47 bits per heavy atom. The van der Waals surface area contributed by atoms with Gasteiger partial charge in [-0.15, -0.1) is 0 Å². The molecular formula is C15H27N3O. The maximum Gasteiger partial charge on any atom is 0.0772 e. The van der Waals surface area contributed by atoms with Crippen molar-refractivity contribution in [3.05, 3.63) is 17.5 Å². The fourth-order valence-electron chi connectivity index (χ4n) is 2.72. The molecule has 2 rings (SSSR count). The van der Waals surface area contributed by atoms with Crippen molar-refractivity contribution in [2.24, 2.45) is 12.5 Å². The lowest BCUT2D eigenvalue weighted by atomic mass is 9.71. The summed E-state index contributed by atoms with van der Waals surface area (Å²) in [5.41, 5.74) is 2.27. The van der Waals surface area contributed by atoms with Crippen LogP contribution in [-0.2, 0) is 13.6 Å². The van der Waals surface area contributed by atoms with Gasteiger partial charge in [0, 0.05) is 31.4 Å². The topological polar surface area (TPSA) is 50.1 Å². The lowest BCUT2D eigenvalue weighted by Gasteiger charge is -2.40. The van der Waals surface area contributed by atoms with Crippen LogP contribution in [0.4, 0.5) is 0 Å². The van der Waals surface area contributed by atoms with Crippen LogP contribution < -0.4 is 5.32 Å². The van der Waals surface area contributed by atoms with E-state index in [1.165, 1.54) is 11.3 Å². The van der Waals surface area contributed by atoms with E-state index in [-0.39, 0.29) is 0 Å². The summed E-state index contributed by atoms with van der Waals surface area (Å²) in [5.74, 6) is 0. The molecule has 1 aliphatic rings. The summed E-state index contributed by atoms with van der Waals surface area (Å²) < 4.78 is 1.88. The molecule has 0 amide bonds. The molecule has 4 nitrogen and oxygen atoms in total. The standard InChI is InChI=1S/C15H27N3O/c1-12-13(10-17-18(12)4)9-16-11-15(19)7-5-14(2,3)6-8-15/h10,16,19H,5-9,11H2,1-4H3. The Hall–Kier alpha value is -0.870. The average Bonchev–Trinajstić information content (AvgIpc) is 2.66. The zero-order valence-electron chi connectivity index (χ0n) is 12.7. The van der Waals surface area contributed by atoms with Crippen LogP contribution in [0.1, 0.15) is 50.8 Å². The molecule has 0 saturated heterocycles. The van der Waals surface area contributed by atoms with Crippen LogP contribution in [0.15, 0.2) is 6.20 Å². The normalized spacial score (nSPS) is 21.5. The van der Waals surface area contributed by atoms with Crippen molar-refractivity contribution in [1.29, 1.82) is 0 Å². The van der Waals surface area contributed by atoms with Crippen LogP contribution >= 0.6 is 0 Å². The van der Waals surface area contributed by atoms with Crippen molar-refractivity contribution in [3.63, 3.8) is 0 Å². The van der Waals surface area contributed by atoms with E-state index in [1.54, 1.807) is 0 Å². The maximum absolute atomic E-state index is 10.6. The van der Waals surface area contributed by atoms with Gasteiger partial charge in [0.05, 0.1) is 11.8 Å². The minimum atomic E-state index is -0.522. The van der Waals surface area contributed by atoms with Crippen LogP contribution in [0, 0.1) is 12.3 Å². The van der Waals surface area contributed by atoms with Gasteiger partial charge in [-0.2, -0.15) is 5.10 Å². The fraction of sp³-hybridized carbons (Fsp3) is 0.800. The largest absolute Gasteiger partial charge is 0.389 e. The Morgan fingerprint density at radius 2 is 1.95 bits per heavy atom. The molecule has 2 N–H and O–H groups in total. The summed E-state index contributed by atoms with van der Waals surface area (Å²) in [4.78, 5) is 0. The molecule has 1 fully saturated rings. The Bertz CT molecular complexity index is 427. The number of nitrogens with zero attached hydrogens (tertiary/aromatic N) is 2. The van der Waals surface area contributed by atoms with Gasteiger partial charge in [-0.3, -0.25) is 4.68 Å². The van der Waals surface area contributed by atoms with Gasteiger partial charge in [0.2, 0.25) is 0 Å². The highest BCUT2D eigenvalue weighted by Crippen LogP contribution is 2.39. The first-order chi connectivity index (χ1) is 8.81. The second-order valence-electron chi connectivity index (χ2n) is 6.87. The third-order valence-electron chi connectivity index (χ3n) is 4.64. The Morgan fingerprint density at radius 1 is 1.32 bits per heavy atom. The van der Waals surface area contributed by atoms with Crippen molar-refractivity contribution in [2.75, 3.05) is 6.54 Å². The van der Waals surface area contributed by atoms with Gasteiger partial charge in [0.25, 0.3) is 0 Å². The highest BCUT2D eigenvalue weighted by molar-refractivity contribution is 5.15. The molecule has 1 aromatic rings. The number of hydrogen-bond acceptors (Lipinski definition) is 3. The number of aromatic nitrogens is 2. The fourth-order valence-corrected chi connectivity index (χ4v) is 2.72. The molecule has 1 heterocycles. The van der Waals surface area contributed by atoms with Crippen molar-refractivity contribution in [3.8, 4) is 0 Å². The zero-order chi connectivity index (χ0) is 14.1. The molecule has 1 saturated carbocycles. The van der Waals surface area contributed by atoms with E-state index < -0.39 is 5.60 Å². The molecule has 0 aromatic carbocycles. The SMILES string of the molecule is Cc1c(CNCC2(O)CCC(C)(C)CC2)cnn1C. The van der Waals surface area contributed by atoms with E-state index in [2.05, 4.69) is 31.2 Å². The monoisotopic (exact) mass is 265 g/mol. The highest BCUT2D eigenvalue weighted by Gasteiger charge is 2.36. The molecular weight excluding hydrogens is 238 g/mol. The maximum atomic E-state index is 10.6. The summed E-state index contributed by atoms with van der Waals surface area (Å²) in [6.45, 7) is 8.11. The molecule has 0 aliphatic heterocycles. The molecule has 19 heavy (non-hydrogen) atoms. The first kappa shape index (κ1) is 14.5. The average molecular weight is 265 g/mol. The van der Waals surface area contributed by atoms with E-state index in [0.717, 1.165) is 32.2 Å². The lowest BCUT2D eigenvalue weighted by molar-refractivity contribution is -0.0245. The summed E-state index contributed by atoms with van der Waals surface area (Å²) in [6, 6.07) is 0. The molecule has 0 unspecified atom stereocenters. The third-order valence-corrected chi connectivity index (χ3v) is 4.64. The lowest BCUT2D eigenvalue weighted by Crippen LogP contribution is -2.44. The third kappa shape index (κ3) is 3.57. The molecule has 0 bridgehead atoms. The van der Waals surface area contributed by atoms with E-state index in [0.29, 0.717) is 12.0 Å². The molecule has 0 radical (unpaired) electrons. The van der Waals surface area contributed by atoms with Crippen LogP contribution in [-0.4, -0.2) is 27.0 Å². The van der Waals surface area contributed by atoms with Gasteiger partial charge >= 0.3 is 0 Å². The molecule has 4 heteroatoms. The second-order valence-corrected chi connectivity index (χ2v) is 6.87. The zero-order valence-corrected chi connectivity index (χ0v) is 12.7. The smallest absolute Gasteiger partial charge is 0.0772 e. The van der Waals surface area contributed by atoms with Crippen LogP contribution in [0.5, 0.6) is 0 Å². The van der Waals surface area contributed by atoms with E-state index in [1.807, 2.05) is 17.9 Å². The van der Waals surface area contributed by atoms with Crippen molar-refractivity contribution < 1.29 is 5.11 Å². The Balaban J connectivity index is 1.81. The van der Waals surface area contributed by atoms with Gasteiger partial charge < -0.3 is 10.4 Å². The molecule has 1 aromatic heterocycles. The minimum Gasteiger partial charge on any atom is -0.389 e. The van der Waals surface area contributed by atoms with Crippen molar-refractivity contribution in [2.45, 2.75) is 58.6 Å². The van der Waals surface area contributed by atoms with Gasteiger partial charge in [-0.25, -0.2) is 0 Å². The van der Waals surface area contributed by atoms with Gasteiger partial charge in [0.15, 0.2) is 0 Å². The summed E-state index contributed by atoms with van der Waals surface area (Å²) in [7, 11) is 1.95. The Kier molecular flexibility index (Phi) is 4.02. The molecule has 1 aliphatic carbocycles. The van der Waals surface area contributed by atoms with Gasteiger partial charge in [-0.05, 0) is 38.0 Å². The predicted octanol–water partition coefficient (Wildman–Crippen LogP) is 2.15. The summed E-state index contributed by atoms with van der Waals surface area (Å²) in [6.07, 6.45) is 5.92. The van der Waals surface area contributed by atoms with E-state index >= 15 is 0 Å². The van der Waals surface area contributed by atoms with Crippen molar-refractivity contribution >= 4 is 0 Å².